The molecule has 8 nitrogen and oxygen atoms in total. The van der Waals surface area contributed by atoms with E-state index in [1.807, 2.05) is 6.92 Å². The van der Waals surface area contributed by atoms with Crippen LogP contribution in [0.3, 0.4) is 0 Å². The van der Waals surface area contributed by atoms with Gasteiger partial charge >= 0.3 is 11.9 Å². The fourth-order valence-corrected chi connectivity index (χ4v) is 3.20. The van der Waals surface area contributed by atoms with Gasteiger partial charge in [-0.05, 0) is 36.4 Å². The second kappa shape index (κ2) is 8.57. The molecule has 2 aromatic heterocycles. The molecule has 0 aliphatic heterocycles. The number of aromatic carboxylic acids is 1. The first kappa shape index (κ1) is 19.4. The van der Waals surface area contributed by atoms with Crippen molar-refractivity contribution in [1.82, 2.24) is 15.2 Å². The van der Waals surface area contributed by atoms with Gasteiger partial charge in [-0.3, -0.25) is 5.10 Å². The SMILES string of the molecule is CCCc1nc(S/C(=C\c2ccc(-c3ccccc3C(=O)O)o2)C(=O)O)n[nH]1. The number of aryl methyl sites for hydroxylation is 1. The summed E-state index contributed by atoms with van der Waals surface area (Å²) < 4.78 is 5.66. The average molecular weight is 399 g/mol. The highest BCUT2D eigenvalue weighted by atomic mass is 32.2. The van der Waals surface area contributed by atoms with Crippen LogP contribution in [-0.4, -0.2) is 37.3 Å². The molecule has 0 unspecified atom stereocenters. The van der Waals surface area contributed by atoms with E-state index in [-0.39, 0.29) is 16.2 Å². The number of hydrogen-bond acceptors (Lipinski definition) is 6. The second-order valence-corrected chi connectivity index (χ2v) is 6.79. The normalized spacial score (nSPS) is 11.5. The van der Waals surface area contributed by atoms with Crippen molar-refractivity contribution in [1.29, 1.82) is 0 Å². The number of rotatable bonds is 8. The number of carbonyl (C=O) groups is 2. The van der Waals surface area contributed by atoms with E-state index in [4.69, 9.17) is 4.42 Å². The number of aliphatic carboxylic acids is 1. The summed E-state index contributed by atoms with van der Waals surface area (Å²) in [5.41, 5.74) is 0.516. The van der Waals surface area contributed by atoms with Gasteiger partial charge in [0.2, 0.25) is 5.16 Å². The largest absolute Gasteiger partial charge is 0.478 e. The topological polar surface area (TPSA) is 129 Å². The molecule has 2 heterocycles. The number of furan rings is 1. The van der Waals surface area contributed by atoms with Crippen molar-refractivity contribution in [2.75, 3.05) is 0 Å². The van der Waals surface area contributed by atoms with Crippen molar-refractivity contribution in [3.8, 4) is 11.3 Å². The van der Waals surface area contributed by atoms with E-state index in [1.165, 1.54) is 12.1 Å². The molecule has 0 atom stereocenters. The highest BCUT2D eigenvalue weighted by Gasteiger charge is 2.17. The fourth-order valence-electron chi connectivity index (χ4n) is 2.49. The molecule has 0 aliphatic carbocycles. The first-order chi connectivity index (χ1) is 13.5. The van der Waals surface area contributed by atoms with Gasteiger partial charge < -0.3 is 14.6 Å². The molecular formula is C19H17N3O5S. The second-order valence-electron chi connectivity index (χ2n) is 5.78. The number of carboxylic acids is 2. The summed E-state index contributed by atoms with van der Waals surface area (Å²) in [6, 6.07) is 9.62. The van der Waals surface area contributed by atoms with Gasteiger partial charge in [0.1, 0.15) is 22.3 Å². The van der Waals surface area contributed by atoms with Crippen molar-refractivity contribution < 1.29 is 24.2 Å². The van der Waals surface area contributed by atoms with Crippen molar-refractivity contribution >= 4 is 29.8 Å². The molecule has 0 saturated heterocycles. The van der Waals surface area contributed by atoms with Gasteiger partial charge in [0, 0.05) is 18.1 Å². The van der Waals surface area contributed by atoms with Gasteiger partial charge in [-0.1, -0.05) is 25.1 Å². The smallest absolute Gasteiger partial charge is 0.342 e. The number of nitrogens with zero attached hydrogens (tertiary/aromatic N) is 2. The summed E-state index contributed by atoms with van der Waals surface area (Å²) in [6.07, 6.45) is 2.98. The van der Waals surface area contributed by atoms with Crippen LogP contribution >= 0.6 is 11.8 Å². The summed E-state index contributed by atoms with van der Waals surface area (Å²) >= 11 is 0.905. The molecule has 144 valence electrons. The maximum atomic E-state index is 11.6. The fraction of sp³-hybridized carbons (Fsp3) is 0.158. The Morgan fingerprint density at radius 2 is 2.00 bits per heavy atom. The summed E-state index contributed by atoms with van der Waals surface area (Å²) in [7, 11) is 0. The Bertz CT molecular complexity index is 1040. The molecule has 9 heteroatoms. The molecule has 0 bridgehead atoms. The zero-order chi connectivity index (χ0) is 20.1. The van der Waals surface area contributed by atoms with Crippen LogP contribution in [0.2, 0.25) is 0 Å². The van der Waals surface area contributed by atoms with E-state index in [1.54, 1.807) is 30.3 Å². The first-order valence-electron chi connectivity index (χ1n) is 8.44. The molecule has 0 spiro atoms. The molecule has 0 fully saturated rings. The maximum absolute atomic E-state index is 11.6. The van der Waals surface area contributed by atoms with Gasteiger partial charge in [-0.25, -0.2) is 14.6 Å². The standard InChI is InChI=1S/C19H17N3O5S/c1-2-5-16-20-19(22-21-16)28-15(18(25)26)10-11-8-9-14(27-11)12-6-3-4-7-13(12)17(23)24/h3-4,6-10H,2,5H2,1H3,(H,23,24)(H,25,26)(H,20,21,22)/b15-10-. The average Bonchev–Trinajstić information content (AvgIpc) is 3.31. The minimum absolute atomic E-state index is 0.0190. The molecule has 3 rings (SSSR count). The molecular weight excluding hydrogens is 382 g/mol. The Kier molecular flexibility index (Phi) is 5.95. The Morgan fingerprint density at radius 3 is 2.71 bits per heavy atom. The third kappa shape index (κ3) is 4.49. The van der Waals surface area contributed by atoms with Gasteiger partial charge in [0.25, 0.3) is 0 Å². The molecule has 3 aromatic rings. The summed E-state index contributed by atoms with van der Waals surface area (Å²) in [4.78, 5) is 27.2. The Labute approximate surface area is 164 Å². The number of aromatic nitrogens is 3. The van der Waals surface area contributed by atoms with E-state index in [2.05, 4.69) is 15.2 Å². The summed E-state index contributed by atoms with van der Waals surface area (Å²) in [5.74, 6) is -0.902. The molecule has 0 saturated carbocycles. The number of benzene rings is 1. The van der Waals surface area contributed by atoms with Crippen LogP contribution in [0, 0.1) is 0 Å². The van der Waals surface area contributed by atoms with Crippen molar-refractivity contribution in [2.24, 2.45) is 0 Å². The zero-order valence-corrected chi connectivity index (χ0v) is 15.7. The predicted octanol–water partition coefficient (Wildman–Crippen LogP) is 3.93. The predicted molar refractivity (Wildman–Crippen MR) is 103 cm³/mol. The zero-order valence-electron chi connectivity index (χ0n) is 14.9. The highest BCUT2D eigenvalue weighted by molar-refractivity contribution is 8.04. The monoisotopic (exact) mass is 399 g/mol. The Hall–Kier alpha value is -3.33. The van der Waals surface area contributed by atoms with Crippen LogP contribution in [-0.2, 0) is 11.2 Å². The minimum atomic E-state index is -1.14. The minimum Gasteiger partial charge on any atom is -0.478 e. The van der Waals surface area contributed by atoms with Crippen LogP contribution in [0.25, 0.3) is 17.4 Å². The van der Waals surface area contributed by atoms with Crippen molar-refractivity contribution in [2.45, 2.75) is 24.9 Å². The molecule has 0 aliphatic rings. The lowest BCUT2D eigenvalue weighted by Gasteiger charge is -2.02. The number of carboxylic acid groups (broad SMARTS) is 2. The number of H-pyrrole nitrogens is 1. The van der Waals surface area contributed by atoms with Crippen LogP contribution < -0.4 is 0 Å². The highest BCUT2D eigenvalue weighted by Crippen LogP contribution is 2.30. The number of aromatic amines is 1. The van der Waals surface area contributed by atoms with Crippen LogP contribution in [0.4, 0.5) is 0 Å². The lowest BCUT2D eigenvalue weighted by Crippen LogP contribution is -1.98. The first-order valence-corrected chi connectivity index (χ1v) is 9.26. The third-order valence-corrected chi connectivity index (χ3v) is 4.61. The van der Waals surface area contributed by atoms with Gasteiger partial charge in [-0.2, -0.15) is 0 Å². The lowest BCUT2D eigenvalue weighted by molar-refractivity contribution is -0.131. The maximum Gasteiger partial charge on any atom is 0.342 e. The molecule has 0 radical (unpaired) electrons. The molecule has 3 N–H and O–H groups in total. The summed E-state index contributed by atoms with van der Waals surface area (Å²) in [5, 5.41) is 25.9. The third-order valence-electron chi connectivity index (χ3n) is 3.73. The molecule has 1 aromatic carbocycles. The van der Waals surface area contributed by atoms with E-state index < -0.39 is 11.9 Å². The van der Waals surface area contributed by atoms with Gasteiger partial charge in [0.05, 0.1) is 5.56 Å². The summed E-state index contributed by atoms with van der Waals surface area (Å²) in [6.45, 7) is 2.01. The Balaban J connectivity index is 1.87. The number of nitrogens with one attached hydrogen (secondary N) is 1. The van der Waals surface area contributed by atoms with Crippen molar-refractivity contribution in [3.05, 3.63) is 58.5 Å². The Morgan fingerprint density at radius 1 is 1.21 bits per heavy atom. The van der Waals surface area contributed by atoms with Gasteiger partial charge in [-0.15, -0.1) is 5.10 Å². The quantitative estimate of drug-likeness (QED) is 0.384. The lowest BCUT2D eigenvalue weighted by atomic mass is 10.1. The molecule has 0 amide bonds. The number of hydrogen-bond donors (Lipinski definition) is 3. The van der Waals surface area contributed by atoms with Crippen LogP contribution in [0.15, 0.2) is 50.9 Å². The van der Waals surface area contributed by atoms with Crippen LogP contribution in [0.1, 0.15) is 35.3 Å². The van der Waals surface area contributed by atoms with Crippen LogP contribution in [0.5, 0.6) is 0 Å². The van der Waals surface area contributed by atoms with E-state index in [0.717, 1.165) is 24.6 Å². The van der Waals surface area contributed by atoms with E-state index >= 15 is 0 Å². The van der Waals surface area contributed by atoms with E-state index in [9.17, 15) is 19.8 Å². The van der Waals surface area contributed by atoms with E-state index in [0.29, 0.717) is 22.3 Å². The number of thioether (sulfide) groups is 1. The van der Waals surface area contributed by atoms with Gasteiger partial charge in [0.15, 0.2) is 0 Å². The molecule has 28 heavy (non-hydrogen) atoms. The van der Waals surface area contributed by atoms with Crippen molar-refractivity contribution in [3.63, 3.8) is 0 Å².